The van der Waals surface area contributed by atoms with Crippen LogP contribution in [0.15, 0.2) is 41.1 Å². The van der Waals surface area contributed by atoms with Crippen LogP contribution in [0.5, 0.6) is 0 Å². The van der Waals surface area contributed by atoms with E-state index in [9.17, 15) is 16.8 Å². The SMILES string of the molecule is C=CS(=O)(=O)NCC1CCCN(S(=O)(=O)c2ccccc2C)C1. The average molecular weight is 358 g/mol. The van der Waals surface area contributed by atoms with Crippen molar-refractivity contribution in [2.75, 3.05) is 19.6 Å². The summed E-state index contributed by atoms with van der Waals surface area (Å²) in [4.78, 5) is 0.312. The second-order valence-electron chi connectivity index (χ2n) is 5.70. The van der Waals surface area contributed by atoms with E-state index in [2.05, 4.69) is 11.3 Å². The summed E-state index contributed by atoms with van der Waals surface area (Å²) in [5.41, 5.74) is 0.710. The first-order valence-electron chi connectivity index (χ1n) is 7.44. The number of piperidine rings is 1. The molecule has 128 valence electrons. The highest BCUT2D eigenvalue weighted by Crippen LogP contribution is 2.25. The van der Waals surface area contributed by atoms with Crippen LogP contribution < -0.4 is 4.72 Å². The molecule has 6 nitrogen and oxygen atoms in total. The molecule has 1 atom stereocenters. The van der Waals surface area contributed by atoms with Crippen LogP contribution in [-0.4, -0.2) is 40.8 Å². The lowest BCUT2D eigenvalue weighted by Crippen LogP contribution is -2.43. The number of hydrogen-bond acceptors (Lipinski definition) is 4. The van der Waals surface area contributed by atoms with Gasteiger partial charge in [0.15, 0.2) is 0 Å². The molecule has 0 aromatic heterocycles. The lowest BCUT2D eigenvalue weighted by molar-refractivity contribution is 0.267. The number of rotatable bonds is 6. The maximum atomic E-state index is 12.8. The van der Waals surface area contributed by atoms with Crippen LogP contribution in [0.1, 0.15) is 18.4 Å². The zero-order chi connectivity index (χ0) is 17.1. The van der Waals surface area contributed by atoms with Gasteiger partial charge in [0.1, 0.15) is 0 Å². The second-order valence-corrected chi connectivity index (χ2v) is 9.32. The fourth-order valence-electron chi connectivity index (χ4n) is 2.69. The molecule has 1 aromatic rings. The van der Waals surface area contributed by atoms with E-state index >= 15 is 0 Å². The van der Waals surface area contributed by atoms with Gasteiger partial charge in [-0.05, 0) is 37.3 Å². The standard InChI is InChI=1S/C15H22N2O4S2/c1-3-22(18,19)16-11-14-8-6-10-17(12-14)23(20,21)15-9-5-4-7-13(15)2/h3-5,7,9,14,16H,1,6,8,10-12H2,2H3. The number of nitrogens with one attached hydrogen (secondary N) is 1. The Bertz CT molecular complexity index is 772. The van der Waals surface area contributed by atoms with Gasteiger partial charge in [-0.3, -0.25) is 0 Å². The molecule has 0 amide bonds. The maximum Gasteiger partial charge on any atom is 0.243 e. The molecule has 1 aromatic carbocycles. The van der Waals surface area contributed by atoms with Crippen molar-refractivity contribution >= 4 is 20.0 Å². The highest BCUT2D eigenvalue weighted by molar-refractivity contribution is 7.92. The monoisotopic (exact) mass is 358 g/mol. The molecule has 1 aliphatic rings. The van der Waals surface area contributed by atoms with Crippen molar-refractivity contribution in [3.05, 3.63) is 41.8 Å². The molecule has 1 N–H and O–H groups in total. The van der Waals surface area contributed by atoms with Crippen molar-refractivity contribution in [1.29, 1.82) is 0 Å². The topological polar surface area (TPSA) is 83.6 Å². The first kappa shape index (κ1) is 18.1. The third-order valence-corrected chi connectivity index (χ3v) is 7.02. The minimum Gasteiger partial charge on any atom is -0.211 e. The number of benzene rings is 1. The zero-order valence-electron chi connectivity index (χ0n) is 13.1. The van der Waals surface area contributed by atoms with E-state index < -0.39 is 20.0 Å². The molecular weight excluding hydrogens is 336 g/mol. The Kier molecular flexibility index (Phi) is 5.61. The first-order chi connectivity index (χ1) is 10.8. The molecule has 0 bridgehead atoms. The van der Waals surface area contributed by atoms with Gasteiger partial charge in [-0.15, -0.1) is 0 Å². The Morgan fingerprint density at radius 3 is 2.65 bits per heavy atom. The highest BCUT2D eigenvalue weighted by Gasteiger charge is 2.31. The van der Waals surface area contributed by atoms with Crippen LogP contribution in [-0.2, 0) is 20.0 Å². The molecule has 0 saturated carbocycles. The van der Waals surface area contributed by atoms with Crippen molar-refractivity contribution in [2.24, 2.45) is 5.92 Å². The zero-order valence-corrected chi connectivity index (χ0v) is 14.7. The molecule has 1 aliphatic heterocycles. The van der Waals surface area contributed by atoms with Crippen LogP contribution in [0.4, 0.5) is 0 Å². The maximum absolute atomic E-state index is 12.8. The Morgan fingerprint density at radius 1 is 1.30 bits per heavy atom. The predicted octanol–water partition coefficient (Wildman–Crippen LogP) is 1.46. The lowest BCUT2D eigenvalue weighted by atomic mass is 10.0. The Labute approximate surface area is 138 Å². The molecule has 0 spiro atoms. The predicted molar refractivity (Wildman–Crippen MR) is 89.8 cm³/mol. The molecule has 23 heavy (non-hydrogen) atoms. The normalized spacial score (nSPS) is 20.3. The van der Waals surface area contributed by atoms with Gasteiger partial charge >= 0.3 is 0 Å². The van der Waals surface area contributed by atoms with E-state index in [4.69, 9.17) is 0 Å². The summed E-state index contributed by atoms with van der Waals surface area (Å²) in [5.74, 6) is -0.0442. The Hall–Kier alpha value is -1.22. The molecule has 0 radical (unpaired) electrons. The minimum atomic E-state index is -3.55. The van der Waals surface area contributed by atoms with Crippen molar-refractivity contribution < 1.29 is 16.8 Å². The molecule has 8 heteroatoms. The van der Waals surface area contributed by atoms with Crippen LogP contribution in [0.3, 0.4) is 0 Å². The van der Waals surface area contributed by atoms with Gasteiger partial charge in [-0.2, -0.15) is 4.31 Å². The highest BCUT2D eigenvalue weighted by atomic mass is 32.2. The summed E-state index contributed by atoms with van der Waals surface area (Å²) in [6, 6.07) is 6.89. The van der Waals surface area contributed by atoms with Gasteiger partial charge in [-0.25, -0.2) is 21.6 Å². The summed E-state index contributed by atoms with van der Waals surface area (Å²) in [6.45, 7) is 6.01. The summed E-state index contributed by atoms with van der Waals surface area (Å²) in [7, 11) is -7.03. The Balaban J connectivity index is 2.12. The van der Waals surface area contributed by atoms with Crippen LogP contribution in [0.25, 0.3) is 0 Å². The average Bonchev–Trinajstić information content (AvgIpc) is 2.53. The molecule has 0 aliphatic carbocycles. The molecule has 1 saturated heterocycles. The van der Waals surface area contributed by atoms with Gasteiger partial charge in [-0.1, -0.05) is 24.8 Å². The third kappa shape index (κ3) is 4.41. The van der Waals surface area contributed by atoms with Gasteiger partial charge in [0.2, 0.25) is 20.0 Å². The van der Waals surface area contributed by atoms with E-state index in [-0.39, 0.29) is 12.5 Å². The lowest BCUT2D eigenvalue weighted by Gasteiger charge is -2.32. The van der Waals surface area contributed by atoms with Crippen molar-refractivity contribution in [2.45, 2.75) is 24.7 Å². The van der Waals surface area contributed by atoms with Crippen LogP contribution in [0, 0.1) is 12.8 Å². The fraction of sp³-hybridized carbons (Fsp3) is 0.467. The summed E-state index contributed by atoms with van der Waals surface area (Å²) in [6.07, 6.45) is 1.51. The number of nitrogens with zero attached hydrogens (tertiary/aromatic N) is 1. The molecule has 1 unspecified atom stereocenters. The second kappa shape index (κ2) is 7.12. The number of sulfonamides is 2. The van der Waals surface area contributed by atoms with E-state index in [1.807, 2.05) is 0 Å². The first-order valence-corrected chi connectivity index (χ1v) is 10.4. The van der Waals surface area contributed by atoms with Crippen molar-refractivity contribution in [1.82, 2.24) is 9.03 Å². The number of hydrogen-bond donors (Lipinski definition) is 1. The van der Waals surface area contributed by atoms with Crippen LogP contribution >= 0.6 is 0 Å². The van der Waals surface area contributed by atoms with E-state index in [0.717, 1.165) is 11.8 Å². The minimum absolute atomic E-state index is 0.0442. The summed E-state index contributed by atoms with van der Waals surface area (Å²) < 4.78 is 52.3. The molecule has 1 fully saturated rings. The summed E-state index contributed by atoms with van der Waals surface area (Å²) >= 11 is 0. The van der Waals surface area contributed by atoms with Gasteiger partial charge in [0, 0.05) is 25.0 Å². The van der Waals surface area contributed by atoms with E-state index in [1.54, 1.807) is 31.2 Å². The number of aryl methyl sites for hydroxylation is 1. The van der Waals surface area contributed by atoms with E-state index in [0.29, 0.717) is 30.0 Å². The van der Waals surface area contributed by atoms with Crippen LogP contribution in [0.2, 0.25) is 0 Å². The fourth-order valence-corrected chi connectivity index (χ4v) is 5.06. The largest absolute Gasteiger partial charge is 0.243 e. The van der Waals surface area contributed by atoms with Gasteiger partial charge in [0.25, 0.3) is 0 Å². The van der Waals surface area contributed by atoms with Gasteiger partial charge < -0.3 is 0 Å². The van der Waals surface area contributed by atoms with Gasteiger partial charge in [0.05, 0.1) is 4.90 Å². The molecule has 2 rings (SSSR count). The third-order valence-electron chi connectivity index (χ3n) is 3.99. The Morgan fingerprint density at radius 2 is 2.00 bits per heavy atom. The van der Waals surface area contributed by atoms with Crippen molar-refractivity contribution in [3.63, 3.8) is 0 Å². The summed E-state index contributed by atoms with van der Waals surface area (Å²) in [5, 5.41) is 0.859. The van der Waals surface area contributed by atoms with E-state index in [1.165, 1.54) is 4.31 Å². The smallest absolute Gasteiger partial charge is 0.211 e. The quantitative estimate of drug-likeness (QED) is 0.834. The molecule has 1 heterocycles. The molecular formula is C15H22N2O4S2. The van der Waals surface area contributed by atoms with Crippen molar-refractivity contribution in [3.8, 4) is 0 Å².